The summed E-state index contributed by atoms with van der Waals surface area (Å²) in [6.45, 7) is 12.3. The van der Waals surface area contributed by atoms with Crippen LogP contribution in [0.25, 0.3) is 0 Å². The summed E-state index contributed by atoms with van der Waals surface area (Å²) in [7, 11) is 0. The van der Waals surface area contributed by atoms with Crippen LogP contribution in [0.15, 0.2) is 0 Å². The minimum atomic E-state index is 0.239. The summed E-state index contributed by atoms with van der Waals surface area (Å²) in [5.41, 5.74) is 3.64. The SMILES string of the molecule is CCCN1CCN(C(C)(C)C)N1. The van der Waals surface area contributed by atoms with Crippen LogP contribution in [0.2, 0.25) is 0 Å². The fourth-order valence-corrected chi connectivity index (χ4v) is 1.41. The van der Waals surface area contributed by atoms with Gasteiger partial charge in [-0.15, -0.1) is 0 Å². The first-order valence-electron chi connectivity index (χ1n) is 4.83. The Labute approximate surface area is 75.7 Å². The van der Waals surface area contributed by atoms with Gasteiger partial charge in [-0.2, -0.15) is 5.53 Å². The van der Waals surface area contributed by atoms with E-state index >= 15 is 0 Å². The summed E-state index contributed by atoms with van der Waals surface area (Å²) >= 11 is 0. The van der Waals surface area contributed by atoms with Crippen LogP contribution >= 0.6 is 0 Å². The van der Waals surface area contributed by atoms with Crippen molar-refractivity contribution >= 4 is 0 Å². The van der Waals surface area contributed by atoms with Crippen LogP contribution in [0.3, 0.4) is 0 Å². The van der Waals surface area contributed by atoms with Crippen LogP contribution in [-0.2, 0) is 0 Å². The Balaban J connectivity index is 2.35. The predicted molar refractivity (Wildman–Crippen MR) is 51.5 cm³/mol. The van der Waals surface area contributed by atoms with Crippen molar-refractivity contribution in [3.8, 4) is 0 Å². The van der Waals surface area contributed by atoms with Crippen molar-refractivity contribution < 1.29 is 0 Å². The van der Waals surface area contributed by atoms with Crippen molar-refractivity contribution in [1.82, 2.24) is 15.6 Å². The lowest BCUT2D eigenvalue weighted by Gasteiger charge is -2.31. The maximum Gasteiger partial charge on any atom is 0.0292 e. The summed E-state index contributed by atoms with van der Waals surface area (Å²) in [6, 6.07) is 0. The van der Waals surface area contributed by atoms with Gasteiger partial charge in [-0.05, 0) is 27.2 Å². The molecule has 1 heterocycles. The van der Waals surface area contributed by atoms with Gasteiger partial charge in [-0.25, -0.2) is 10.0 Å². The van der Waals surface area contributed by atoms with Gasteiger partial charge in [0.05, 0.1) is 0 Å². The average Bonchev–Trinajstić information content (AvgIpc) is 2.35. The number of hydrazine groups is 2. The first-order valence-corrected chi connectivity index (χ1v) is 4.83. The molecule has 0 amide bonds. The molecule has 12 heavy (non-hydrogen) atoms. The van der Waals surface area contributed by atoms with Crippen LogP contribution in [0, 0.1) is 0 Å². The van der Waals surface area contributed by atoms with Crippen molar-refractivity contribution in [3.05, 3.63) is 0 Å². The largest absolute Gasteiger partial charge is 0.229 e. The Morgan fingerprint density at radius 3 is 2.33 bits per heavy atom. The third-order valence-corrected chi connectivity index (χ3v) is 2.16. The maximum absolute atomic E-state index is 3.40. The third-order valence-electron chi connectivity index (χ3n) is 2.16. The molecule has 1 aliphatic rings. The van der Waals surface area contributed by atoms with Gasteiger partial charge in [0.15, 0.2) is 0 Å². The normalized spacial score (nSPS) is 22.0. The second-order valence-electron chi connectivity index (χ2n) is 4.41. The Morgan fingerprint density at radius 1 is 1.25 bits per heavy atom. The number of rotatable bonds is 2. The molecule has 3 heteroatoms. The zero-order chi connectivity index (χ0) is 9.19. The Morgan fingerprint density at radius 2 is 1.92 bits per heavy atom. The minimum Gasteiger partial charge on any atom is -0.229 e. The van der Waals surface area contributed by atoms with Crippen molar-refractivity contribution in [3.63, 3.8) is 0 Å². The van der Waals surface area contributed by atoms with Gasteiger partial charge < -0.3 is 0 Å². The number of nitrogens with zero attached hydrogens (tertiary/aromatic N) is 2. The first-order chi connectivity index (χ1) is 5.54. The van der Waals surface area contributed by atoms with Gasteiger partial charge in [0.2, 0.25) is 0 Å². The van der Waals surface area contributed by atoms with E-state index in [1.54, 1.807) is 0 Å². The molecule has 1 rings (SSSR count). The molecule has 0 spiro atoms. The fraction of sp³-hybridized carbons (Fsp3) is 1.00. The molecule has 0 unspecified atom stereocenters. The van der Waals surface area contributed by atoms with Crippen LogP contribution in [0.5, 0.6) is 0 Å². The van der Waals surface area contributed by atoms with E-state index < -0.39 is 0 Å². The lowest BCUT2D eigenvalue weighted by Crippen LogP contribution is -2.49. The molecule has 0 radical (unpaired) electrons. The topological polar surface area (TPSA) is 18.5 Å². The standard InChI is InChI=1S/C9H21N3/c1-5-6-11-7-8-12(10-11)9(2,3)4/h10H,5-8H2,1-4H3. The summed E-state index contributed by atoms with van der Waals surface area (Å²) in [5.74, 6) is 0. The van der Waals surface area contributed by atoms with Crippen molar-refractivity contribution in [2.24, 2.45) is 0 Å². The van der Waals surface area contributed by atoms with E-state index in [-0.39, 0.29) is 5.54 Å². The maximum atomic E-state index is 3.40. The third kappa shape index (κ3) is 2.44. The molecule has 1 N–H and O–H groups in total. The van der Waals surface area contributed by atoms with Crippen molar-refractivity contribution in [2.45, 2.75) is 39.7 Å². The lowest BCUT2D eigenvalue weighted by molar-refractivity contribution is 0.0448. The van der Waals surface area contributed by atoms with Crippen molar-refractivity contribution in [1.29, 1.82) is 0 Å². The fourth-order valence-electron chi connectivity index (χ4n) is 1.41. The summed E-state index contributed by atoms with van der Waals surface area (Å²) in [4.78, 5) is 0. The molecule has 72 valence electrons. The van der Waals surface area contributed by atoms with Gasteiger partial charge in [-0.1, -0.05) is 6.92 Å². The molecule has 0 aromatic heterocycles. The Bertz CT molecular complexity index is 139. The molecule has 0 aromatic rings. The molecule has 0 aromatic carbocycles. The van der Waals surface area contributed by atoms with Crippen molar-refractivity contribution in [2.75, 3.05) is 19.6 Å². The number of hydrogen-bond donors (Lipinski definition) is 1. The molecule has 0 bridgehead atoms. The molecule has 1 aliphatic heterocycles. The van der Waals surface area contributed by atoms with E-state index in [0.29, 0.717) is 0 Å². The van der Waals surface area contributed by atoms with E-state index in [4.69, 9.17) is 0 Å². The molecular formula is C9H21N3. The second-order valence-corrected chi connectivity index (χ2v) is 4.41. The zero-order valence-electron chi connectivity index (χ0n) is 8.72. The van der Waals surface area contributed by atoms with Crippen LogP contribution in [0.4, 0.5) is 0 Å². The van der Waals surface area contributed by atoms with E-state index in [1.165, 1.54) is 6.42 Å². The summed E-state index contributed by atoms with van der Waals surface area (Å²) in [6.07, 6.45) is 1.21. The highest BCUT2D eigenvalue weighted by molar-refractivity contribution is 4.76. The molecule has 1 fully saturated rings. The van der Waals surface area contributed by atoms with Gasteiger partial charge in [0, 0.05) is 25.2 Å². The molecule has 3 nitrogen and oxygen atoms in total. The van der Waals surface area contributed by atoms with Crippen LogP contribution < -0.4 is 5.53 Å². The van der Waals surface area contributed by atoms with E-state index in [0.717, 1.165) is 19.6 Å². The molecule has 0 saturated carbocycles. The highest BCUT2D eigenvalue weighted by atomic mass is 15.8. The molecular weight excluding hydrogens is 150 g/mol. The highest BCUT2D eigenvalue weighted by Crippen LogP contribution is 2.13. The minimum absolute atomic E-state index is 0.239. The van der Waals surface area contributed by atoms with Gasteiger partial charge in [0.25, 0.3) is 0 Å². The summed E-state index contributed by atoms with van der Waals surface area (Å²) < 4.78 is 0. The zero-order valence-corrected chi connectivity index (χ0v) is 8.72. The van der Waals surface area contributed by atoms with Gasteiger partial charge in [0.1, 0.15) is 0 Å². The average molecular weight is 171 g/mol. The van der Waals surface area contributed by atoms with Gasteiger partial charge in [-0.3, -0.25) is 0 Å². The number of hydrogen-bond acceptors (Lipinski definition) is 3. The highest BCUT2D eigenvalue weighted by Gasteiger charge is 2.27. The monoisotopic (exact) mass is 171 g/mol. The second kappa shape index (κ2) is 3.73. The van der Waals surface area contributed by atoms with Gasteiger partial charge >= 0.3 is 0 Å². The predicted octanol–water partition coefficient (Wildman–Crippen LogP) is 1.23. The molecule has 1 saturated heterocycles. The molecule has 0 atom stereocenters. The van der Waals surface area contributed by atoms with Crippen LogP contribution in [0.1, 0.15) is 34.1 Å². The number of nitrogens with one attached hydrogen (secondary N) is 1. The quantitative estimate of drug-likeness (QED) is 0.674. The smallest absolute Gasteiger partial charge is 0.0292 e. The van der Waals surface area contributed by atoms with Crippen LogP contribution in [-0.4, -0.2) is 35.2 Å². The molecule has 0 aliphatic carbocycles. The van der Waals surface area contributed by atoms with E-state index in [1.807, 2.05) is 0 Å². The summed E-state index contributed by atoms with van der Waals surface area (Å²) in [5, 5.41) is 4.58. The first kappa shape index (κ1) is 9.96. The lowest BCUT2D eigenvalue weighted by atomic mass is 10.1. The van der Waals surface area contributed by atoms with E-state index in [2.05, 4.69) is 43.2 Å². The Hall–Kier alpha value is -0.120. The Kier molecular flexibility index (Phi) is 3.09. The van der Waals surface area contributed by atoms with E-state index in [9.17, 15) is 0 Å².